The van der Waals surface area contributed by atoms with E-state index in [-0.39, 0.29) is 17.6 Å². The normalized spacial score (nSPS) is 14.6. The molecule has 0 spiro atoms. The zero-order valence-corrected chi connectivity index (χ0v) is 19.9. The predicted molar refractivity (Wildman–Crippen MR) is 133 cm³/mol. The van der Waals surface area contributed by atoms with E-state index in [1.807, 2.05) is 49.4 Å². The van der Waals surface area contributed by atoms with Crippen molar-refractivity contribution < 1.29 is 23.5 Å². The van der Waals surface area contributed by atoms with Gasteiger partial charge in [0, 0.05) is 19.0 Å². The number of furan rings is 1. The van der Waals surface area contributed by atoms with Gasteiger partial charge in [0.25, 0.3) is 5.91 Å². The van der Waals surface area contributed by atoms with Gasteiger partial charge in [-0.1, -0.05) is 30.3 Å². The Balaban J connectivity index is 1.32. The molecule has 3 heterocycles. The fourth-order valence-corrected chi connectivity index (χ4v) is 4.22. The van der Waals surface area contributed by atoms with Gasteiger partial charge in [-0.3, -0.25) is 9.59 Å². The summed E-state index contributed by atoms with van der Waals surface area (Å²) in [7, 11) is 1.58. The number of pyridine rings is 1. The number of carbonyl (C=O) groups excluding carboxylic acids is 2. The van der Waals surface area contributed by atoms with Crippen molar-refractivity contribution in [3.05, 3.63) is 102 Å². The van der Waals surface area contributed by atoms with Crippen molar-refractivity contribution in [2.45, 2.75) is 25.9 Å². The van der Waals surface area contributed by atoms with Crippen molar-refractivity contribution in [3.63, 3.8) is 0 Å². The van der Waals surface area contributed by atoms with Crippen LogP contribution in [-0.2, 0) is 17.8 Å². The second-order valence-corrected chi connectivity index (χ2v) is 8.53. The van der Waals surface area contributed by atoms with Crippen molar-refractivity contribution in [1.29, 1.82) is 0 Å². The Morgan fingerprint density at radius 3 is 2.58 bits per heavy atom. The highest BCUT2D eigenvalue weighted by Gasteiger charge is 2.36. The van der Waals surface area contributed by atoms with E-state index in [1.165, 1.54) is 12.5 Å². The first-order valence-corrected chi connectivity index (χ1v) is 11.5. The minimum Gasteiger partial charge on any atom is -0.493 e. The maximum atomic E-state index is 13.3. The second kappa shape index (κ2) is 9.95. The number of rotatable bonds is 6. The van der Waals surface area contributed by atoms with Gasteiger partial charge in [0.05, 0.1) is 25.3 Å². The number of hydrogen-bond acceptors (Lipinski definition) is 6. The molecule has 2 amide bonds. The molecule has 5 rings (SSSR count). The number of hydrogen-bond donors (Lipinski definition) is 1. The van der Waals surface area contributed by atoms with Crippen LogP contribution in [0.1, 0.15) is 27.2 Å². The standard InChI is InChI=1S/C28H25N3O5/c1-18-9-11-23(25(14-18)34-2)36-26-12-10-21(16-29-26)30-27(32)22-15-19-6-3-4-7-20(19)17-31(22)28(33)24-8-5-13-35-24/h3-14,16,22H,15,17H2,1-2H3,(H,30,32). The molecule has 1 unspecified atom stereocenters. The molecule has 0 bridgehead atoms. The van der Waals surface area contributed by atoms with Crippen molar-refractivity contribution in [1.82, 2.24) is 9.88 Å². The lowest BCUT2D eigenvalue weighted by molar-refractivity contribution is -0.121. The minimum absolute atomic E-state index is 0.196. The fraction of sp³-hybridized carbons (Fsp3) is 0.179. The topological polar surface area (TPSA) is 93.9 Å². The minimum atomic E-state index is -0.703. The van der Waals surface area contributed by atoms with Crippen LogP contribution in [0, 0.1) is 6.92 Å². The Bertz CT molecular complexity index is 1380. The number of anilines is 1. The zero-order valence-electron chi connectivity index (χ0n) is 19.9. The molecule has 1 atom stereocenters. The number of nitrogens with zero attached hydrogens (tertiary/aromatic N) is 2. The molecule has 2 aromatic carbocycles. The molecule has 2 aromatic heterocycles. The van der Waals surface area contributed by atoms with E-state index in [1.54, 1.807) is 36.3 Å². The quantitative estimate of drug-likeness (QED) is 0.415. The molecule has 1 aliphatic rings. The Labute approximate surface area is 208 Å². The number of benzene rings is 2. The first-order chi connectivity index (χ1) is 17.5. The maximum absolute atomic E-state index is 13.3. The molecule has 8 nitrogen and oxygen atoms in total. The number of aryl methyl sites for hydroxylation is 1. The van der Waals surface area contributed by atoms with Gasteiger partial charge in [-0.15, -0.1) is 0 Å². The Morgan fingerprint density at radius 1 is 1.03 bits per heavy atom. The fourth-order valence-electron chi connectivity index (χ4n) is 4.22. The largest absolute Gasteiger partial charge is 0.493 e. The lowest BCUT2D eigenvalue weighted by Crippen LogP contribution is -2.50. The number of carbonyl (C=O) groups is 2. The van der Waals surface area contributed by atoms with E-state index >= 15 is 0 Å². The molecule has 0 fully saturated rings. The molecule has 0 radical (unpaired) electrons. The summed E-state index contributed by atoms with van der Waals surface area (Å²) in [5, 5.41) is 2.89. The predicted octanol–water partition coefficient (Wildman–Crippen LogP) is 4.99. The van der Waals surface area contributed by atoms with E-state index in [0.717, 1.165) is 16.7 Å². The van der Waals surface area contributed by atoms with Crippen LogP contribution in [0.25, 0.3) is 0 Å². The molecule has 36 heavy (non-hydrogen) atoms. The molecular formula is C28H25N3O5. The van der Waals surface area contributed by atoms with E-state index < -0.39 is 6.04 Å². The molecular weight excluding hydrogens is 458 g/mol. The molecule has 182 valence electrons. The van der Waals surface area contributed by atoms with Gasteiger partial charge in [-0.05, 0) is 53.9 Å². The summed E-state index contributed by atoms with van der Waals surface area (Å²) in [6.07, 6.45) is 3.36. The Kier molecular flexibility index (Phi) is 6.40. The third kappa shape index (κ3) is 4.79. The number of fused-ring (bicyclic) bond motifs is 1. The van der Waals surface area contributed by atoms with Crippen molar-refractivity contribution in [2.24, 2.45) is 0 Å². The van der Waals surface area contributed by atoms with Crippen LogP contribution >= 0.6 is 0 Å². The summed E-state index contributed by atoms with van der Waals surface area (Å²) in [6, 6.07) is 19.3. The monoisotopic (exact) mass is 483 g/mol. The average Bonchev–Trinajstić information content (AvgIpc) is 3.44. The van der Waals surface area contributed by atoms with Crippen LogP contribution in [0.2, 0.25) is 0 Å². The highest BCUT2D eigenvalue weighted by molar-refractivity contribution is 6.00. The van der Waals surface area contributed by atoms with E-state index in [2.05, 4.69) is 10.3 Å². The lowest BCUT2D eigenvalue weighted by Gasteiger charge is -2.35. The first-order valence-electron chi connectivity index (χ1n) is 11.5. The summed E-state index contributed by atoms with van der Waals surface area (Å²) in [5.74, 6) is 1.07. The summed E-state index contributed by atoms with van der Waals surface area (Å²) < 4.78 is 16.5. The van der Waals surface area contributed by atoms with Crippen molar-refractivity contribution in [3.8, 4) is 17.4 Å². The third-order valence-corrected chi connectivity index (χ3v) is 6.08. The number of ether oxygens (including phenoxy) is 2. The summed E-state index contributed by atoms with van der Waals surface area (Å²) in [5.41, 5.74) is 3.59. The molecule has 8 heteroatoms. The van der Waals surface area contributed by atoms with E-state index in [9.17, 15) is 9.59 Å². The Hall–Kier alpha value is -4.59. The third-order valence-electron chi connectivity index (χ3n) is 6.08. The van der Waals surface area contributed by atoms with Gasteiger partial charge in [0.1, 0.15) is 6.04 Å². The lowest BCUT2D eigenvalue weighted by atomic mass is 9.93. The molecule has 0 aliphatic carbocycles. The van der Waals surface area contributed by atoms with Gasteiger partial charge >= 0.3 is 0 Å². The van der Waals surface area contributed by atoms with Crippen molar-refractivity contribution in [2.75, 3.05) is 12.4 Å². The smallest absolute Gasteiger partial charge is 0.290 e. The molecule has 1 N–H and O–H groups in total. The Morgan fingerprint density at radius 2 is 1.86 bits per heavy atom. The summed E-state index contributed by atoms with van der Waals surface area (Å²) in [6.45, 7) is 2.29. The van der Waals surface area contributed by atoms with Crippen LogP contribution in [0.4, 0.5) is 5.69 Å². The number of aromatic nitrogens is 1. The van der Waals surface area contributed by atoms with Crippen LogP contribution in [0.15, 0.2) is 83.6 Å². The van der Waals surface area contributed by atoms with Gasteiger partial charge in [-0.2, -0.15) is 0 Å². The van der Waals surface area contributed by atoms with Gasteiger partial charge in [-0.25, -0.2) is 4.98 Å². The van der Waals surface area contributed by atoms with Crippen LogP contribution in [0.3, 0.4) is 0 Å². The molecule has 0 saturated heterocycles. The maximum Gasteiger partial charge on any atom is 0.290 e. The second-order valence-electron chi connectivity index (χ2n) is 8.53. The highest BCUT2D eigenvalue weighted by atomic mass is 16.5. The summed E-state index contributed by atoms with van der Waals surface area (Å²) >= 11 is 0. The average molecular weight is 484 g/mol. The SMILES string of the molecule is COc1cc(C)ccc1Oc1ccc(NC(=O)C2Cc3ccccc3CN2C(=O)c2ccco2)cn1. The van der Waals surface area contributed by atoms with E-state index in [0.29, 0.717) is 36.0 Å². The zero-order chi connectivity index (χ0) is 25.1. The molecule has 4 aromatic rings. The van der Waals surface area contributed by atoms with Crippen LogP contribution < -0.4 is 14.8 Å². The first kappa shape index (κ1) is 23.2. The number of amides is 2. The number of methoxy groups -OCH3 is 1. The van der Waals surface area contributed by atoms with Crippen molar-refractivity contribution >= 4 is 17.5 Å². The van der Waals surface area contributed by atoms with Crippen LogP contribution in [-0.4, -0.2) is 34.8 Å². The van der Waals surface area contributed by atoms with E-state index in [4.69, 9.17) is 13.9 Å². The number of nitrogens with one attached hydrogen (secondary N) is 1. The molecule has 0 saturated carbocycles. The van der Waals surface area contributed by atoms with Gasteiger partial charge < -0.3 is 24.1 Å². The highest BCUT2D eigenvalue weighted by Crippen LogP contribution is 2.32. The van der Waals surface area contributed by atoms with Gasteiger partial charge in [0.15, 0.2) is 17.3 Å². The van der Waals surface area contributed by atoms with Crippen LogP contribution in [0.5, 0.6) is 17.4 Å². The molecule has 1 aliphatic heterocycles. The van der Waals surface area contributed by atoms with Gasteiger partial charge in [0.2, 0.25) is 11.8 Å². The summed E-state index contributed by atoms with van der Waals surface area (Å²) in [4.78, 5) is 32.3.